The first kappa shape index (κ1) is 40.0. The molecule has 0 aromatic carbocycles. The lowest BCUT2D eigenvalue weighted by atomic mass is 9.94. The first-order valence-corrected chi connectivity index (χ1v) is 10.6. The van der Waals surface area contributed by atoms with Crippen LogP contribution in [0.15, 0.2) is 0 Å². The van der Waals surface area contributed by atoms with Crippen LogP contribution in [0.4, 0.5) is 0 Å². The Labute approximate surface area is 214 Å². The predicted molar refractivity (Wildman–Crippen MR) is 129 cm³/mol. The zero-order valence-electron chi connectivity index (χ0n) is 22.7. The summed E-state index contributed by atoms with van der Waals surface area (Å²) in [7, 11) is 5.05. The van der Waals surface area contributed by atoms with Crippen molar-refractivity contribution in [2.24, 2.45) is 17.3 Å². The van der Waals surface area contributed by atoms with Gasteiger partial charge in [-0.15, -0.1) is 0 Å². The fraction of sp³-hybridized carbons (Fsp3) is 0.750. The molecule has 4 unspecified atom stereocenters. The normalized spacial score (nSPS) is 13.0. The molecule has 0 saturated carbocycles. The van der Waals surface area contributed by atoms with Crippen molar-refractivity contribution >= 4 is 35.8 Å². The number of carbonyl (C=O) groups is 6. The van der Waals surface area contributed by atoms with Gasteiger partial charge in [0.05, 0.1) is 40.3 Å². The van der Waals surface area contributed by atoms with Gasteiger partial charge in [-0.2, -0.15) is 0 Å². The van der Waals surface area contributed by atoms with Crippen LogP contribution in [0.5, 0.6) is 0 Å². The maximum Gasteiger partial charge on any atom is 0.322 e. The van der Waals surface area contributed by atoms with Crippen LogP contribution in [-0.2, 0) is 57.2 Å². The van der Waals surface area contributed by atoms with E-state index in [9.17, 15) is 28.8 Å². The molecular formula is C24H44O12. The Kier molecular flexibility index (Phi) is 22.3. The monoisotopic (exact) mass is 524 g/mol. The number of rotatable bonds is 8. The average molecular weight is 525 g/mol. The Balaban J connectivity index is -0.000000211. The van der Waals surface area contributed by atoms with E-state index in [4.69, 9.17) is 9.47 Å². The van der Waals surface area contributed by atoms with Crippen molar-refractivity contribution in [1.29, 1.82) is 0 Å². The number of ether oxygens (including phenoxy) is 6. The Morgan fingerprint density at radius 1 is 0.556 bits per heavy atom. The van der Waals surface area contributed by atoms with Crippen molar-refractivity contribution in [3.8, 4) is 0 Å². The van der Waals surface area contributed by atoms with Gasteiger partial charge in [-0.1, -0.05) is 21.3 Å². The fourth-order valence-electron chi connectivity index (χ4n) is 2.09. The summed E-state index contributed by atoms with van der Waals surface area (Å²) in [4.78, 5) is 64.7. The molecule has 0 aromatic rings. The van der Waals surface area contributed by atoms with E-state index in [2.05, 4.69) is 18.9 Å². The van der Waals surface area contributed by atoms with E-state index in [0.717, 1.165) is 0 Å². The number of methoxy groups -OCH3 is 4. The highest BCUT2D eigenvalue weighted by Gasteiger charge is 2.38. The van der Waals surface area contributed by atoms with Gasteiger partial charge in [-0.05, 0) is 27.7 Å². The molecular weight excluding hydrogens is 480 g/mol. The quantitative estimate of drug-likeness (QED) is 0.260. The van der Waals surface area contributed by atoms with Gasteiger partial charge in [0.1, 0.15) is 12.2 Å². The summed E-state index contributed by atoms with van der Waals surface area (Å²) in [6.45, 7) is 12.1. The summed E-state index contributed by atoms with van der Waals surface area (Å²) >= 11 is 0. The van der Waals surface area contributed by atoms with E-state index in [0.29, 0.717) is 0 Å². The molecule has 0 radical (unpaired) electrons. The molecule has 0 aliphatic rings. The Morgan fingerprint density at radius 3 is 0.972 bits per heavy atom. The molecule has 0 aromatic heterocycles. The SMILES string of the molecule is C.CC(=O)OC(C)C(C)OC(C)=O.COC(=O)C(C)(C)C(=O)OC.COC(=O)C(C)C(C)C(=O)OC. The highest BCUT2D eigenvalue weighted by Crippen LogP contribution is 2.18. The molecule has 0 aliphatic carbocycles. The molecule has 12 nitrogen and oxygen atoms in total. The van der Waals surface area contributed by atoms with Gasteiger partial charge in [0.15, 0.2) is 5.41 Å². The van der Waals surface area contributed by atoms with Crippen LogP contribution >= 0.6 is 0 Å². The largest absolute Gasteiger partial charge is 0.469 e. The highest BCUT2D eigenvalue weighted by atomic mass is 16.6. The van der Waals surface area contributed by atoms with E-state index in [1.807, 2.05) is 0 Å². The second-order valence-electron chi connectivity index (χ2n) is 7.86. The maximum absolute atomic E-state index is 10.9. The maximum atomic E-state index is 10.9. The molecule has 0 N–H and O–H groups in total. The lowest BCUT2D eigenvalue weighted by molar-refractivity contribution is -0.166. The fourth-order valence-corrected chi connectivity index (χ4v) is 2.09. The van der Waals surface area contributed by atoms with Crippen LogP contribution < -0.4 is 0 Å². The Morgan fingerprint density at radius 2 is 0.806 bits per heavy atom. The molecule has 0 spiro atoms. The van der Waals surface area contributed by atoms with Gasteiger partial charge in [-0.25, -0.2) is 0 Å². The van der Waals surface area contributed by atoms with E-state index in [-0.39, 0.29) is 19.4 Å². The minimum Gasteiger partial charge on any atom is -0.469 e. The average Bonchev–Trinajstić information content (AvgIpc) is 2.80. The second-order valence-corrected chi connectivity index (χ2v) is 7.86. The smallest absolute Gasteiger partial charge is 0.322 e. The van der Waals surface area contributed by atoms with Gasteiger partial charge in [0.25, 0.3) is 0 Å². The van der Waals surface area contributed by atoms with Gasteiger partial charge in [-0.3, -0.25) is 28.8 Å². The van der Waals surface area contributed by atoms with E-state index in [1.165, 1.54) is 56.1 Å². The highest BCUT2D eigenvalue weighted by molar-refractivity contribution is 5.98. The lowest BCUT2D eigenvalue weighted by Crippen LogP contribution is -2.35. The number of hydrogen-bond acceptors (Lipinski definition) is 12. The molecule has 0 amide bonds. The molecule has 36 heavy (non-hydrogen) atoms. The Hall–Kier alpha value is -3.18. The van der Waals surface area contributed by atoms with Crippen LogP contribution in [0.1, 0.15) is 62.8 Å². The third-order valence-corrected chi connectivity index (χ3v) is 4.65. The molecule has 0 fully saturated rings. The third kappa shape index (κ3) is 16.4. The summed E-state index contributed by atoms with van der Waals surface area (Å²) in [5, 5.41) is 0. The molecule has 0 aliphatic heterocycles. The van der Waals surface area contributed by atoms with Crippen LogP contribution in [0.3, 0.4) is 0 Å². The lowest BCUT2D eigenvalue weighted by Gasteiger charge is -2.18. The van der Waals surface area contributed by atoms with Gasteiger partial charge < -0.3 is 28.4 Å². The van der Waals surface area contributed by atoms with Crippen molar-refractivity contribution < 1.29 is 57.2 Å². The summed E-state index contributed by atoms with van der Waals surface area (Å²) < 4.78 is 27.4. The molecule has 12 heteroatoms. The van der Waals surface area contributed by atoms with Crippen molar-refractivity contribution in [2.75, 3.05) is 28.4 Å². The Bertz CT molecular complexity index is 656. The summed E-state index contributed by atoms with van der Waals surface area (Å²) in [5.74, 6) is -3.64. The molecule has 0 saturated heterocycles. The van der Waals surface area contributed by atoms with E-state index < -0.39 is 53.3 Å². The molecule has 212 valence electrons. The summed E-state index contributed by atoms with van der Waals surface area (Å²) in [6.07, 6.45) is -0.794. The second kappa shape index (κ2) is 20.1. The standard InChI is InChI=1S/2C8H14O4.C7H12O4.CH4/c1-5(7(9)11-3)6(2)8(10)12-4;1-5(11-7(3)9)6(2)12-8(4)10;1-7(2,5(8)10-3)6(9)11-4;/h2*5-6H,1-4H3;1-4H3;1H4. The number of carbonyl (C=O) groups excluding carboxylic acids is 6. The first-order valence-electron chi connectivity index (χ1n) is 10.6. The molecule has 0 bridgehead atoms. The van der Waals surface area contributed by atoms with E-state index >= 15 is 0 Å². The molecule has 4 atom stereocenters. The van der Waals surface area contributed by atoms with Crippen molar-refractivity contribution in [1.82, 2.24) is 0 Å². The minimum absolute atomic E-state index is 0. The predicted octanol–water partition coefficient (Wildman–Crippen LogP) is 2.49. The van der Waals surface area contributed by atoms with Crippen molar-refractivity contribution in [3.63, 3.8) is 0 Å². The van der Waals surface area contributed by atoms with Crippen LogP contribution in [0, 0.1) is 17.3 Å². The van der Waals surface area contributed by atoms with E-state index in [1.54, 1.807) is 27.7 Å². The summed E-state index contributed by atoms with van der Waals surface area (Å²) in [5.41, 5.74) is -1.20. The van der Waals surface area contributed by atoms with Crippen molar-refractivity contribution in [2.45, 2.75) is 75.0 Å². The third-order valence-electron chi connectivity index (χ3n) is 4.65. The van der Waals surface area contributed by atoms with Crippen molar-refractivity contribution in [3.05, 3.63) is 0 Å². The minimum atomic E-state index is -1.20. The van der Waals surface area contributed by atoms with Crippen LogP contribution in [-0.4, -0.2) is 76.5 Å². The first-order chi connectivity index (χ1) is 15.9. The van der Waals surface area contributed by atoms with Crippen LogP contribution in [0.2, 0.25) is 0 Å². The number of esters is 6. The van der Waals surface area contributed by atoms with Gasteiger partial charge >= 0.3 is 35.8 Å². The summed E-state index contributed by atoms with van der Waals surface area (Å²) in [6, 6.07) is 0. The van der Waals surface area contributed by atoms with Crippen LogP contribution in [0.25, 0.3) is 0 Å². The molecule has 0 rings (SSSR count). The van der Waals surface area contributed by atoms with Gasteiger partial charge in [0, 0.05) is 13.8 Å². The number of hydrogen-bond donors (Lipinski definition) is 0. The molecule has 0 heterocycles. The topological polar surface area (TPSA) is 158 Å². The zero-order chi connectivity index (χ0) is 28.5. The zero-order valence-corrected chi connectivity index (χ0v) is 22.7. The van der Waals surface area contributed by atoms with Gasteiger partial charge in [0.2, 0.25) is 0 Å².